The number of nitrogens with zero attached hydrogens (tertiary/aromatic N) is 1. The molecule has 8 heteroatoms. The lowest BCUT2D eigenvalue weighted by Crippen LogP contribution is -2.43. The van der Waals surface area contributed by atoms with Crippen LogP contribution in [0.2, 0.25) is 0 Å². The predicted molar refractivity (Wildman–Crippen MR) is 86.8 cm³/mol. The molecule has 2 N–H and O–H groups in total. The zero-order valence-electron chi connectivity index (χ0n) is 11.9. The molecule has 1 fully saturated rings. The van der Waals surface area contributed by atoms with Gasteiger partial charge in [-0.1, -0.05) is 25.6 Å². The molecule has 2 unspecified atom stereocenters. The first-order valence-electron chi connectivity index (χ1n) is 6.89. The summed E-state index contributed by atoms with van der Waals surface area (Å²) in [7, 11) is -3.74. The molecular formula is C13H18N2O3S3. The van der Waals surface area contributed by atoms with Crippen molar-refractivity contribution in [2.75, 3.05) is 6.54 Å². The second-order valence-corrected chi connectivity index (χ2v) is 10.4. The van der Waals surface area contributed by atoms with E-state index in [-0.39, 0.29) is 16.2 Å². The number of fused-ring (bicyclic) bond motifs is 2. The molecule has 4 rings (SSSR count). The summed E-state index contributed by atoms with van der Waals surface area (Å²) in [4.78, 5) is 14.6. The van der Waals surface area contributed by atoms with Crippen LogP contribution in [-0.4, -0.2) is 37.1 Å². The van der Waals surface area contributed by atoms with E-state index in [1.807, 2.05) is 4.90 Å². The minimum atomic E-state index is -3.74. The number of thioether (sulfide) groups is 2. The molecule has 21 heavy (non-hydrogen) atoms. The van der Waals surface area contributed by atoms with Crippen molar-refractivity contribution in [3.8, 4) is 0 Å². The second kappa shape index (κ2) is 5.33. The summed E-state index contributed by atoms with van der Waals surface area (Å²) in [6.45, 7) is 4.75. The van der Waals surface area contributed by atoms with Crippen LogP contribution >= 0.6 is 23.5 Å². The molecule has 5 nitrogen and oxygen atoms in total. The zero-order chi connectivity index (χ0) is 15.4. The molecule has 0 radical (unpaired) electrons. The number of hydrogen-bond acceptors (Lipinski definition) is 5. The van der Waals surface area contributed by atoms with Crippen molar-refractivity contribution in [1.29, 1.82) is 0 Å². The van der Waals surface area contributed by atoms with E-state index in [0.717, 1.165) is 34.4 Å². The molecule has 116 valence electrons. The van der Waals surface area contributed by atoms with Gasteiger partial charge >= 0.3 is 0 Å². The average Bonchev–Trinajstić information content (AvgIpc) is 2.68. The van der Waals surface area contributed by atoms with Gasteiger partial charge in [-0.25, -0.2) is 13.6 Å². The highest BCUT2D eigenvalue weighted by Crippen LogP contribution is 2.53. The molecule has 0 spiro atoms. The first-order valence-corrected chi connectivity index (χ1v) is 10.1. The van der Waals surface area contributed by atoms with Crippen LogP contribution in [0.3, 0.4) is 0 Å². The van der Waals surface area contributed by atoms with Gasteiger partial charge in [-0.15, -0.1) is 11.8 Å². The molecular weight excluding hydrogens is 328 g/mol. The Morgan fingerprint density at radius 2 is 2.19 bits per heavy atom. The Morgan fingerprint density at radius 3 is 2.81 bits per heavy atom. The van der Waals surface area contributed by atoms with Crippen molar-refractivity contribution in [2.45, 2.75) is 38.0 Å². The minimum absolute atomic E-state index is 0.0634. The number of carbonyl (C=O) groups excluding carboxylic acids is 1. The summed E-state index contributed by atoms with van der Waals surface area (Å²) in [5.74, 6) is 0.400. The molecule has 4 bridgehead atoms. The molecule has 4 aliphatic heterocycles. The van der Waals surface area contributed by atoms with Crippen LogP contribution in [0, 0.1) is 5.92 Å². The Kier molecular flexibility index (Phi) is 3.92. The van der Waals surface area contributed by atoms with Gasteiger partial charge in [0.05, 0.1) is 10.3 Å². The molecule has 2 atom stereocenters. The summed E-state index contributed by atoms with van der Waals surface area (Å²) < 4.78 is 24.5. The molecule has 4 aliphatic rings. The molecule has 0 aromatic rings. The van der Waals surface area contributed by atoms with Crippen molar-refractivity contribution >= 4 is 39.5 Å². The smallest absolute Gasteiger partial charge is 0.251 e. The number of rotatable bonds is 3. The van der Waals surface area contributed by atoms with Crippen LogP contribution in [0.25, 0.3) is 0 Å². The molecule has 0 saturated carbocycles. The van der Waals surface area contributed by atoms with E-state index < -0.39 is 10.0 Å². The highest BCUT2D eigenvalue weighted by Gasteiger charge is 2.42. The van der Waals surface area contributed by atoms with E-state index in [9.17, 15) is 13.2 Å². The number of carbonyl (C=O) groups is 1. The zero-order valence-corrected chi connectivity index (χ0v) is 14.4. The summed E-state index contributed by atoms with van der Waals surface area (Å²) in [5.41, 5.74) is 0.771. The first kappa shape index (κ1) is 15.5. The fourth-order valence-corrected chi connectivity index (χ4v) is 6.84. The number of sulfonamides is 1. The van der Waals surface area contributed by atoms with Crippen LogP contribution in [0.4, 0.5) is 0 Å². The fourth-order valence-electron chi connectivity index (χ4n) is 2.89. The molecule has 0 aromatic heterocycles. The second-order valence-electron chi connectivity index (χ2n) is 6.00. The van der Waals surface area contributed by atoms with E-state index in [1.165, 1.54) is 0 Å². The molecule has 1 saturated heterocycles. The maximum atomic E-state index is 12.7. The van der Waals surface area contributed by atoms with Crippen LogP contribution in [0.15, 0.2) is 20.1 Å². The van der Waals surface area contributed by atoms with E-state index in [2.05, 4.69) is 13.8 Å². The normalized spacial score (nSPS) is 29.0. The van der Waals surface area contributed by atoms with Crippen LogP contribution in [0.1, 0.15) is 26.7 Å². The summed E-state index contributed by atoms with van der Waals surface area (Å²) in [6.07, 6.45) is 3.20. The van der Waals surface area contributed by atoms with Crippen molar-refractivity contribution in [3.05, 3.63) is 20.1 Å². The fraction of sp³-hybridized carbons (Fsp3) is 0.615. The molecule has 1 amide bonds. The highest BCUT2D eigenvalue weighted by molar-refractivity contribution is 8.29. The minimum Gasteiger partial charge on any atom is -0.332 e. The average molecular weight is 346 g/mol. The summed E-state index contributed by atoms with van der Waals surface area (Å²) in [5, 5.41) is 5.69. The van der Waals surface area contributed by atoms with Crippen molar-refractivity contribution in [3.63, 3.8) is 0 Å². The van der Waals surface area contributed by atoms with Crippen molar-refractivity contribution in [1.82, 2.24) is 4.90 Å². The first-order chi connectivity index (χ1) is 9.75. The third-order valence-corrected chi connectivity index (χ3v) is 7.84. The van der Waals surface area contributed by atoms with Crippen LogP contribution < -0.4 is 5.14 Å². The van der Waals surface area contributed by atoms with Gasteiger partial charge < -0.3 is 4.90 Å². The number of nitrogens with two attached hydrogens (primary N) is 1. The van der Waals surface area contributed by atoms with E-state index >= 15 is 0 Å². The van der Waals surface area contributed by atoms with Gasteiger partial charge in [0.25, 0.3) is 5.91 Å². The Labute approximate surface area is 133 Å². The van der Waals surface area contributed by atoms with Gasteiger partial charge in [-0.05, 0) is 24.8 Å². The van der Waals surface area contributed by atoms with E-state index in [0.29, 0.717) is 17.7 Å². The maximum Gasteiger partial charge on any atom is 0.251 e. The lowest BCUT2D eigenvalue weighted by Gasteiger charge is -2.34. The van der Waals surface area contributed by atoms with Gasteiger partial charge in [0, 0.05) is 17.4 Å². The Balaban J connectivity index is 2.10. The quantitative estimate of drug-likeness (QED) is 0.843. The summed E-state index contributed by atoms with van der Waals surface area (Å²) in [6, 6.07) is -0.183. The van der Waals surface area contributed by atoms with Crippen molar-refractivity contribution < 1.29 is 13.2 Å². The van der Waals surface area contributed by atoms with Crippen LogP contribution in [0.5, 0.6) is 0 Å². The molecule has 0 aliphatic carbocycles. The lowest BCUT2D eigenvalue weighted by atomic mass is 10.1. The molecule has 0 aromatic carbocycles. The predicted octanol–water partition coefficient (Wildman–Crippen LogP) is 1.84. The van der Waals surface area contributed by atoms with Crippen LogP contribution in [-0.2, 0) is 14.8 Å². The maximum absolute atomic E-state index is 12.7. The van der Waals surface area contributed by atoms with Gasteiger partial charge in [0.15, 0.2) is 0 Å². The Morgan fingerprint density at radius 1 is 1.48 bits per heavy atom. The van der Waals surface area contributed by atoms with E-state index in [4.69, 9.17) is 5.14 Å². The number of primary sulfonamides is 1. The number of hydrogen-bond donors (Lipinski definition) is 1. The monoisotopic (exact) mass is 346 g/mol. The SMILES string of the molecule is CC(C)CN1C(=O)C2=C3SC(S(N)(=O)=O)=CC1CC(C2)S3. The van der Waals surface area contributed by atoms with Crippen molar-refractivity contribution in [2.24, 2.45) is 11.1 Å². The molecule has 4 heterocycles. The van der Waals surface area contributed by atoms with Gasteiger partial charge in [-0.2, -0.15) is 0 Å². The topological polar surface area (TPSA) is 80.5 Å². The summed E-state index contributed by atoms with van der Waals surface area (Å²) >= 11 is 2.77. The Hall–Kier alpha value is -0.440. The highest BCUT2D eigenvalue weighted by atomic mass is 32.3. The van der Waals surface area contributed by atoms with Gasteiger partial charge in [0.1, 0.15) is 4.24 Å². The number of amides is 1. The Bertz CT molecular complexity index is 652. The van der Waals surface area contributed by atoms with Gasteiger partial charge in [0.2, 0.25) is 10.0 Å². The third-order valence-electron chi connectivity index (χ3n) is 3.74. The van der Waals surface area contributed by atoms with Gasteiger partial charge in [-0.3, -0.25) is 4.79 Å². The van der Waals surface area contributed by atoms with E-state index in [1.54, 1.807) is 17.8 Å². The lowest BCUT2D eigenvalue weighted by molar-refractivity contribution is -0.128. The standard InChI is InChI=1S/C13H18N2O3S3/c1-7(2)6-15-8-3-9-5-10(12(15)16)13(19-9)20-11(4-8)21(14,17)18/h4,7-9H,3,5-6H2,1-2H3,(H2,14,17,18). The third kappa shape index (κ3) is 2.91. The largest absolute Gasteiger partial charge is 0.332 e.